The molecule has 9 heteroatoms. The molecular weight excluding hydrogens is 442 g/mol. The molecule has 0 bridgehead atoms. The summed E-state index contributed by atoms with van der Waals surface area (Å²) >= 11 is 2.71. The normalized spacial score (nSPS) is 14.2. The third kappa shape index (κ3) is 4.31. The SMILES string of the molecule is COCCCn1c(S[C@@H](C)C(=O)c2ccc(F)c(F)c2)nc2sc3c(c2c1=O)CCC3. The van der Waals surface area contributed by atoms with Gasteiger partial charge in [-0.25, -0.2) is 13.8 Å². The van der Waals surface area contributed by atoms with Crippen molar-refractivity contribution in [2.75, 3.05) is 13.7 Å². The van der Waals surface area contributed by atoms with E-state index in [9.17, 15) is 18.4 Å². The molecule has 31 heavy (non-hydrogen) atoms. The Balaban J connectivity index is 1.69. The first-order valence-corrected chi connectivity index (χ1v) is 11.8. The van der Waals surface area contributed by atoms with Crippen molar-refractivity contribution in [2.24, 2.45) is 0 Å². The van der Waals surface area contributed by atoms with E-state index in [-0.39, 0.29) is 16.9 Å². The highest BCUT2D eigenvalue weighted by Gasteiger charge is 2.25. The summed E-state index contributed by atoms with van der Waals surface area (Å²) in [6, 6.07) is 3.11. The third-order valence-electron chi connectivity index (χ3n) is 5.38. The Bertz CT molecular complexity index is 1210. The molecule has 0 saturated heterocycles. The highest BCUT2D eigenvalue weighted by Crippen LogP contribution is 2.36. The van der Waals surface area contributed by atoms with Gasteiger partial charge in [0.1, 0.15) is 4.83 Å². The van der Waals surface area contributed by atoms with E-state index in [1.165, 1.54) is 10.9 Å². The van der Waals surface area contributed by atoms with Crippen LogP contribution in [0.5, 0.6) is 0 Å². The zero-order chi connectivity index (χ0) is 22.1. The van der Waals surface area contributed by atoms with Crippen LogP contribution in [0, 0.1) is 11.6 Å². The summed E-state index contributed by atoms with van der Waals surface area (Å²) in [5.41, 5.74) is 1.11. The second kappa shape index (κ2) is 9.18. The number of ether oxygens (including phenoxy) is 1. The summed E-state index contributed by atoms with van der Waals surface area (Å²) in [6.45, 7) is 2.60. The van der Waals surface area contributed by atoms with Crippen molar-refractivity contribution in [3.05, 3.63) is 56.2 Å². The number of fused-ring (bicyclic) bond motifs is 3. The molecule has 0 spiro atoms. The first-order chi connectivity index (χ1) is 14.9. The van der Waals surface area contributed by atoms with Crippen LogP contribution < -0.4 is 5.56 Å². The van der Waals surface area contributed by atoms with Crippen LogP contribution in [-0.2, 0) is 24.1 Å². The number of aromatic nitrogens is 2. The molecule has 2 aromatic heterocycles. The summed E-state index contributed by atoms with van der Waals surface area (Å²) < 4.78 is 33.5. The lowest BCUT2D eigenvalue weighted by Gasteiger charge is -2.15. The van der Waals surface area contributed by atoms with E-state index >= 15 is 0 Å². The first-order valence-electron chi connectivity index (χ1n) is 10.1. The molecule has 0 saturated carbocycles. The number of ketones is 1. The molecular formula is C22H22F2N2O3S2. The van der Waals surface area contributed by atoms with Crippen molar-refractivity contribution in [2.45, 2.75) is 49.6 Å². The van der Waals surface area contributed by atoms with Gasteiger partial charge in [-0.05, 0) is 56.4 Å². The van der Waals surface area contributed by atoms with Gasteiger partial charge in [0.25, 0.3) is 5.56 Å². The van der Waals surface area contributed by atoms with Gasteiger partial charge in [0, 0.05) is 30.7 Å². The highest BCUT2D eigenvalue weighted by molar-refractivity contribution is 8.00. The fraction of sp³-hybridized carbons (Fsp3) is 0.409. The maximum Gasteiger partial charge on any atom is 0.263 e. The lowest BCUT2D eigenvalue weighted by molar-refractivity contribution is 0.0993. The molecule has 1 aromatic carbocycles. The van der Waals surface area contributed by atoms with Crippen LogP contribution in [0.25, 0.3) is 10.2 Å². The Morgan fingerprint density at radius 3 is 2.87 bits per heavy atom. The second-order valence-electron chi connectivity index (χ2n) is 7.49. The fourth-order valence-corrected chi connectivity index (χ4v) is 6.12. The minimum atomic E-state index is -1.06. The van der Waals surface area contributed by atoms with Gasteiger partial charge in [-0.3, -0.25) is 14.2 Å². The Morgan fingerprint density at radius 2 is 2.13 bits per heavy atom. The van der Waals surface area contributed by atoms with E-state index in [1.807, 2.05) is 0 Å². The molecule has 5 nitrogen and oxygen atoms in total. The molecule has 3 aromatic rings. The molecule has 0 fully saturated rings. The Kier molecular flexibility index (Phi) is 6.55. The van der Waals surface area contributed by atoms with E-state index in [0.717, 1.165) is 48.7 Å². The van der Waals surface area contributed by atoms with Crippen molar-refractivity contribution in [3.8, 4) is 0 Å². The van der Waals surface area contributed by atoms with Gasteiger partial charge in [0.15, 0.2) is 22.6 Å². The van der Waals surface area contributed by atoms with Gasteiger partial charge in [0.05, 0.1) is 10.6 Å². The number of hydrogen-bond acceptors (Lipinski definition) is 6. The van der Waals surface area contributed by atoms with E-state index in [1.54, 1.807) is 29.9 Å². The van der Waals surface area contributed by atoms with Crippen molar-refractivity contribution in [1.82, 2.24) is 9.55 Å². The van der Waals surface area contributed by atoms with Crippen molar-refractivity contribution >= 4 is 39.1 Å². The Labute approximate surface area is 186 Å². The zero-order valence-electron chi connectivity index (χ0n) is 17.2. The van der Waals surface area contributed by atoms with Crippen molar-refractivity contribution in [1.29, 1.82) is 0 Å². The predicted octanol–water partition coefficient (Wildman–Crippen LogP) is 4.62. The number of carbonyl (C=O) groups excluding carboxylic acids is 1. The van der Waals surface area contributed by atoms with Gasteiger partial charge >= 0.3 is 0 Å². The molecule has 0 radical (unpaired) electrons. The number of Topliss-reactive ketones (excluding diaryl/α,β-unsaturated/α-hetero) is 1. The minimum Gasteiger partial charge on any atom is -0.385 e. The summed E-state index contributed by atoms with van der Waals surface area (Å²) in [6.07, 6.45) is 3.54. The van der Waals surface area contributed by atoms with E-state index in [2.05, 4.69) is 0 Å². The average molecular weight is 465 g/mol. The number of benzene rings is 1. The van der Waals surface area contributed by atoms with Gasteiger partial charge in [-0.15, -0.1) is 11.3 Å². The lowest BCUT2D eigenvalue weighted by Crippen LogP contribution is -2.25. The van der Waals surface area contributed by atoms with Gasteiger partial charge in [0.2, 0.25) is 0 Å². The second-order valence-corrected chi connectivity index (χ2v) is 9.88. The molecule has 0 aliphatic heterocycles. The lowest BCUT2D eigenvalue weighted by atomic mass is 10.1. The predicted molar refractivity (Wildman–Crippen MR) is 118 cm³/mol. The number of methoxy groups -OCH3 is 1. The summed E-state index contributed by atoms with van der Waals surface area (Å²) in [7, 11) is 1.61. The van der Waals surface area contributed by atoms with E-state index < -0.39 is 16.9 Å². The average Bonchev–Trinajstić information content (AvgIpc) is 3.32. The van der Waals surface area contributed by atoms with Gasteiger partial charge in [-0.1, -0.05) is 11.8 Å². The van der Waals surface area contributed by atoms with Crippen molar-refractivity contribution < 1.29 is 18.3 Å². The zero-order valence-corrected chi connectivity index (χ0v) is 18.9. The number of carbonyl (C=O) groups is 1. The first kappa shape index (κ1) is 22.1. The quantitative estimate of drug-likeness (QED) is 0.211. The number of hydrogen-bond donors (Lipinski definition) is 0. The Hall–Kier alpha value is -2.10. The van der Waals surface area contributed by atoms with Crippen LogP contribution >= 0.6 is 23.1 Å². The Morgan fingerprint density at radius 1 is 1.32 bits per heavy atom. The highest BCUT2D eigenvalue weighted by atomic mass is 32.2. The maximum absolute atomic E-state index is 13.6. The minimum absolute atomic E-state index is 0.0864. The standard InChI is InChI=1S/C22H22F2N2O3S2/c1-12(19(27)13-7-8-15(23)16(24)11-13)30-22-25-20-18(14-5-3-6-17(14)31-20)21(28)26(22)9-4-10-29-2/h7-8,11-12H,3-6,9-10H2,1-2H3/t12-/m0/s1. The molecule has 4 rings (SSSR count). The van der Waals surface area contributed by atoms with Crippen LogP contribution in [-0.4, -0.2) is 34.3 Å². The number of thioether (sulfide) groups is 1. The van der Waals surface area contributed by atoms with Gasteiger partial charge < -0.3 is 4.74 Å². The number of halogens is 2. The molecule has 1 atom stereocenters. The molecule has 0 unspecified atom stereocenters. The molecule has 1 aliphatic carbocycles. The van der Waals surface area contributed by atoms with Gasteiger partial charge in [-0.2, -0.15) is 0 Å². The molecule has 0 amide bonds. The molecule has 164 valence electrons. The van der Waals surface area contributed by atoms with Crippen molar-refractivity contribution in [3.63, 3.8) is 0 Å². The number of rotatable bonds is 8. The van der Waals surface area contributed by atoms with Crippen LogP contribution in [0.4, 0.5) is 8.78 Å². The fourth-order valence-electron chi connectivity index (χ4n) is 3.81. The maximum atomic E-state index is 13.6. The van der Waals surface area contributed by atoms with E-state index in [0.29, 0.717) is 34.9 Å². The topological polar surface area (TPSA) is 61.2 Å². The van der Waals surface area contributed by atoms with E-state index in [4.69, 9.17) is 9.72 Å². The van der Waals surface area contributed by atoms with Crippen LogP contribution in [0.1, 0.15) is 40.6 Å². The number of aryl methyl sites for hydroxylation is 2. The number of nitrogens with zero attached hydrogens (tertiary/aromatic N) is 2. The van der Waals surface area contributed by atoms with Crippen LogP contribution in [0.3, 0.4) is 0 Å². The summed E-state index contributed by atoms with van der Waals surface area (Å²) in [4.78, 5) is 32.8. The summed E-state index contributed by atoms with van der Waals surface area (Å²) in [5.74, 6) is -2.41. The largest absolute Gasteiger partial charge is 0.385 e. The summed E-state index contributed by atoms with van der Waals surface area (Å²) in [5, 5.41) is 0.519. The molecule has 1 aliphatic rings. The van der Waals surface area contributed by atoms with Crippen LogP contribution in [0.2, 0.25) is 0 Å². The smallest absolute Gasteiger partial charge is 0.263 e. The molecule has 2 heterocycles. The number of thiophene rings is 1. The third-order valence-corrected chi connectivity index (χ3v) is 7.65. The van der Waals surface area contributed by atoms with Crippen LogP contribution in [0.15, 0.2) is 28.2 Å². The monoisotopic (exact) mass is 464 g/mol. The molecule has 0 N–H and O–H groups in total.